The smallest absolute Gasteiger partial charge is 0.178 e. The molecule has 0 atom stereocenters. The third kappa shape index (κ3) is 4.23. The molecule has 0 amide bonds. The summed E-state index contributed by atoms with van der Waals surface area (Å²) >= 11 is 5.47. The largest absolute Gasteiger partial charge is 0.369 e. The summed E-state index contributed by atoms with van der Waals surface area (Å²) in [5.41, 5.74) is 0.776. The van der Waals surface area contributed by atoms with Gasteiger partial charge in [0.05, 0.1) is 0 Å². The fourth-order valence-corrected chi connectivity index (χ4v) is 3.76. The number of thioether (sulfide) groups is 1. The monoisotopic (exact) mass is 391 g/mol. The average molecular weight is 392 g/mol. The van der Waals surface area contributed by atoms with Gasteiger partial charge in [0.15, 0.2) is 11.5 Å². The van der Waals surface area contributed by atoms with Crippen LogP contribution >= 0.6 is 27.7 Å². The highest BCUT2D eigenvalue weighted by Crippen LogP contribution is 2.27. The van der Waals surface area contributed by atoms with Crippen LogP contribution in [0.4, 0.5) is 5.82 Å². The van der Waals surface area contributed by atoms with Crippen LogP contribution in [0, 0.1) is 6.92 Å². The second-order valence-electron chi connectivity index (χ2n) is 5.15. The molecule has 23 heavy (non-hydrogen) atoms. The summed E-state index contributed by atoms with van der Waals surface area (Å²) in [6.07, 6.45) is 2.27. The van der Waals surface area contributed by atoms with Gasteiger partial charge in [0.2, 0.25) is 0 Å². The Labute approximate surface area is 148 Å². The predicted molar refractivity (Wildman–Crippen MR) is 98.1 cm³/mol. The summed E-state index contributed by atoms with van der Waals surface area (Å²) in [5.74, 6) is 2.77. The van der Waals surface area contributed by atoms with Crippen LogP contribution in [0.2, 0.25) is 0 Å². The Hall–Kier alpha value is -1.60. The number of hydrogen-bond acceptors (Lipinski definition) is 5. The first-order valence-electron chi connectivity index (χ1n) is 7.54. The first kappa shape index (κ1) is 16.3. The number of aryl methyl sites for hydroxylation is 1. The molecular formula is C16H18BrN5S. The molecule has 0 aliphatic rings. The van der Waals surface area contributed by atoms with Gasteiger partial charge in [-0.2, -0.15) is 4.52 Å². The number of nitrogens with zero attached hydrogens (tertiary/aromatic N) is 4. The minimum absolute atomic E-state index is 0.776. The van der Waals surface area contributed by atoms with E-state index in [0.29, 0.717) is 0 Å². The lowest BCUT2D eigenvalue weighted by atomic mass is 10.3. The van der Waals surface area contributed by atoms with Crippen LogP contribution in [0.3, 0.4) is 0 Å². The minimum Gasteiger partial charge on any atom is -0.369 e. The highest BCUT2D eigenvalue weighted by molar-refractivity contribution is 9.10. The number of benzene rings is 1. The molecule has 1 N–H and O–H groups in total. The SMILES string of the molecule is Cc1nnc2ccc(NCCCCSc3ccccc3Br)nn12. The number of halogens is 1. The molecule has 120 valence electrons. The quantitative estimate of drug-likeness (QED) is 0.483. The molecule has 0 fully saturated rings. The molecule has 3 aromatic rings. The van der Waals surface area contributed by atoms with E-state index in [9.17, 15) is 0 Å². The second-order valence-corrected chi connectivity index (χ2v) is 7.14. The van der Waals surface area contributed by atoms with E-state index in [4.69, 9.17) is 0 Å². The molecule has 0 saturated heterocycles. The van der Waals surface area contributed by atoms with Crippen LogP contribution in [0.15, 0.2) is 45.8 Å². The lowest BCUT2D eigenvalue weighted by molar-refractivity contribution is 0.822. The van der Waals surface area contributed by atoms with Crippen LogP contribution in [-0.4, -0.2) is 32.1 Å². The molecule has 5 nitrogen and oxygen atoms in total. The normalized spacial score (nSPS) is 11.0. The topological polar surface area (TPSA) is 55.1 Å². The lowest BCUT2D eigenvalue weighted by Gasteiger charge is -2.06. The van der Waals surface area contributed by atoms with Gasteiger partial charge in [0, 0.05) is 15.9 Å². The summed E-state index contributed by atoms with van der Waals surface area (Å²) in [6.45, 7) is 2.81. The minimum atomic E-state index is 0.776. The van der Waals surface area contributed by atoms with Crippen molar-refractivity contribution >= 4 is 39.2 Å². The lowest BCUT2D eigenvalue weighted by Crippen LogP contribution is -2.06. The highest BCUT2D eigenvalue weighted by Gasteiger charge is 2.03. The first-order chi connectivity index (χ1) is 11.2. The summed E-state index contributed by atoms with van der Waals surface area (Å²) in [7, 11) is 0. The second kappa shape index (κ2) is 7.79. The fourth-order valence-electron chi connectivity index (χ4n) is 2.18. The highest BCUT2D eigenvalue weighted by atomic mass is 79.9. The van der Waals surface area contributed by atoms with Crippen molar-refractivity contribution in [2.24, 2.45) is 0 Å². The zero-order chi connectivity index (χ0) is 16.1. The maximum Gasteiger partial charge on any atom is 0.178 e. The Kier molecular flexibility index (Phi) is 5.51. The molecule has 0 saturated carbocycles. The Balaban J connectivity index is 1.41. The van der Waals surface area contributed by atoms with E-state index in [2.05, 4.69) is 54.7 Å². The number of anilines is 1. The number of aromatic nitrogens is 4. The zero-order valence-corrected chi connectivity index (χ0v) is 15.3. The van der Waals surface area contributed by atoms with Gasteiger partial charge in [-0.15, -0.1) is 27.1 Å². The molecule has 1 aromatic carbocycles. The number of rotatable bonds is 7. The molecule has 2 aromatic heterocycles. The Morgan fingerprint density at radius 1 is 1.13 bits per heavy atom. The number of unbranched alkanes of at least 4 members (excludes halogenated alkanes) is 1. The first-order valence-corrected chi connectivity index (χ1v) is 9.32. The Morgan fingerprint density at radius 2 is 2.00 bits per heavy atom. The third-order valence-electron chi connectivity index (χ3n) is 3.39. The van der Waals surface area contributed by atoms with Crippen LogP contribution < -0.4 is 5.32 Å². The summed E-state index contributed by atoms with van der Waals surface area (Å²) in [5, 5.41) is 15.9. The van der Waals surface area contributed by atoms with E-state index in [1.165, 1.54) is 9.37 Å². The van der Waals surface area contributed by atoms with Gasteiger partial charge in [0.25, 0.3) is 0 Å². The average Bonchev–Trinajstić information content (AvgIpc) is 2.93. The summed E-state index contributed by atoms with van der Waals surface area (Å²) < 4.78 is 2.93. The van der Waals surface area contributed by atoms with Gasteiger partial charge in [-0.25, -0.2) is 0 Å². The standard InChI is InChI=1S/C16H18BrN5S/c1-12-19-20-16-9-8-15(21-22(12)16)18-10-4-5-11-23-14-7-3-2-6-13(14)17/h2-3,6-9H,4-5,10-11H2,1H3,(H,18,21). The van der Waals surface area contributed by atoms with Crippen molar-refractivity contribution in [2.75, 3.05) is 17.6 Å². The van der Waals surface area contributed by atoms with Crippen molar-refractivity contribution in [1.82, 2.24) is 19.8 Å². The van der Waals surface area contributed by atoms with Crippen LogP contribution in [0.5, 0.6) is 0 Å². The summed E-state index contributed by atoms with van der Waals surface area (Å²) in [6, 6.07) is 12.2. The van der Waals surface area contributed by atoms with E-state index in [-0.39, 0.29) is 0 Å². The van der Waals surface area contributed by atoms with Gasteiger partial charge in [-0.1, -0.05) is 12.1 Å². The van der Waals surface area contributed by atoms with E-state index in [1.54, 1.807) is 4.52 Å². The number of hydrogen-bond donors (Lipinski definition) is 1. The van der Waals surface area contributed by atoms with E-state index < -0.39 is 0 Å². The van der Waals surface area contributed by atoms with Crippen molar-refractivity contribution in [2.45, 2.75) is 24.7 Å². The molecule has 0 radical (unpaired) electrons. The molecule has 0 aliphatic carbocycles. The maximum absolute atomic E-state index is 4.48. The molecule has 2 heterocycles. The van der Waals surface area contributed by atoms with Crippen molar-refractivity contribution in [3.8, 4) is 0 Å². The molecule has 7 heteroatoms. The van der Waals surface area contributed by atoms with Gasteiger partial charge < -0.3 is 5.32 Å². The fraction of sp³-hybridized carbons (Fsp3) is 0.312. The van der Waals surface area contributed by atoms with Gasteiger partial charge in [-0.3, -0.25) is 0 Å². The zero-order valence-electron chi connectivity index (χ0n) is 12.9. The molecule has 0 bridgehead atoms. The maximum atomic E-state index is 4.48. The Morgan fingerprint density at radius 3 is 2.87 bits per heavy atom. The van der Waals surface area contributed by atoms with Gasteiger partial charge in [-0.05, 0) is 65.7 Å². The van der Waals surface area contributed by atoms with Crippen molar-refractivity contribution in [3.05, 3.63) is 46.7 Å². The van der Waals surface area contributed by atoms with E-state index >= 15 is 0 Å². The van der Waals surface area contributed by atoms with E-state index in [1.807, 2.05) is 36.9 Å². The number of nitrogens with one attached hydrogen (secondary N) is 1. The molecule has 0 aliphatic heterocycles. The van der Waals surface area contributed by atoms with E-state index in [0.717, 1.165) is 42.4 Å². The number of fused-ring (bicyclic) bond motifs is 1. The third-order valence-corrected chi connectivity index (χ3v) is 5.50. The molecule has 0 unspecified atom stereocenters. The molecule has 3 rings (SSSR count). The van der Waals surface area contributed by atoms with Crippen molar-refractivity contribution in [3.63, 3.8) is 0 Å². The predicted octanol–water partition coefficient (Wildman–Crippen LogP) is 4.18. The van der Waals surface area contributed by atoms with Crippen LogP contribution in [0.1, 0.15) is 18.7 Å². The Bertz CT molecular complexity index is 789. The van der Waals surface area contributed by atoms with Gasteiger partial charge >= 0.3 is 0 Å². The van der Waals surface area contributed by atoms with Crippen LogP contribution in [-0.2, 0) is 0 Å². The van der Waals surface area contributed by atoms with Crippen molar-refractivity contribution in [1.29, 1.82) is 0 Å². The molecule has 0 spiro atoms. The van der Waals surface area contributed by atoms with Crippen LogP contribution in [0.25, 0.3) is 5.65 Å². The van der Waals surface area contributed by atoms with Crippen molar-refractivity contribution < 1.29 is 0 Å². The van der Waals surface area contributed by atoms with Gasteiger partial charge in [0.1, 0.15) is 5.82 Å². The summed E-state index contributed by atoms with van der Waals surface area (Å²) in [4.78, 5) is 1.30. The molecular weight excluding hydrogens is 374 g/mol.